The lowest BCUT2D eigenvalue weighted by molar-refractivity contribution is 0.350. The van der Waals surface area contributed by atoms with Crippen molar-refractivity contribution in [3.63, 3.8) is 0 Å². The summed E-state index contributed by atoms with van der Waals surface area (Å²) in [4.78, 5) is 2.20. The van der Waals surface area contributed by atoms with E-state index in [1.54, 1.807) is 24.3 Å². The SMILES string of the molecule is O=S(=O)(CCN1CCC(c2ccccc2)C1)Oc1ccccc1. The molecule has 0 aliphatic carbocycles. The molecule has 5 heteroatoms. The lowest BCUT2D eigenvalue weighted by atomic mass is 9.99. The van der Waals surface area contributed by atoms with Gasteiger partial charge < -0.3 is 9.08 Å². The van der Waals surface area contributed by atoms with Gasteiger partial charge in [-0.2, -0.15) is 8.42 Å². The van der Waals surface area contributed by atoms with Gasteiger partial charge in [-0.05, 0) is 36.6 Å². The van der Waals surface area contributed by atoms with Gasteiger partial charge in [-0.3, -0.25) is 0 Å². The fraction of sp³-hybridized carbons (Fsp3) is 0.333. The Bertz CT molecular complexity index is 716. The molecule has 0 spiro atoms. The largest absolute Gasteiger partial charge is 0.382 e. The number of hydrogen-bond donors (Lipinski definition) is 0. The Balaban J connectivity index is 1.51. The van der Waals surface area contributed by atoms with E-state index in [0.717, 1.165) is 19.5 Å². The molecule has 1 aliphatic rings. The van der Waals surface area contributed by atoms with Gasteiger partial charge in [-0.25, -0.2) is 0 Å². The minimum absolute atomic E-state index is 0.0173. The second-order valence-electron chi connectivity index (χ2n) is 5.86. The topological polar surface area (TPSA) is 46.6 Å². The van der Waals surface area contributed by atoms with Gasteiger partial charge in [0.05, 0.1) is 5.75 Å². The first-order valence-electron chi connectivity index (χ1n) is 7.87. The van der Waals surface area contributed by atoms with Crippen molar-refractivity contribution in [1.82, 2.24) is 4.90 Å². The highest BCUT2D eigenvalue weighted by Gasteiger charge is 2.25. The van der Waals surface area contributed by atoms with Gasteiger partial charge in [0.15, 0.2) is 0 Å². The average Bonchev–Trinajstić information content (AvgIpc) is 3.04. The van der Waals surface area contributed by atoms with Gasteiger partial charge >= 0.3 is 10.1 Å². The molecule has 0 amide bonds. The van der Waals surface area contributed by atoms with Crippen LogP contribution in [0.25, 0.3) is 0 Å². The molecule has 1 heterocycles. The predicted molar refractivity (Wildman–Crippen MR) is 91.1 cm³/mol. The van der Waals surface area contributed by atoms with Crippen molar-refractivity contribution in [3.05, 3.63) is 66.2 Å². The summed E-state index contributed by atoms with van der Waals surface area (Å²) in [6, 6.07) is 19.1. The normalized spacial score (nSPS) is 18.9. The number of nitrogens with zero attached hydrogens (tertiary/aromatic N) is 1. The molecule has 1 fully saturated rings. The Morgan fingerprint density at radius 2 is 1.65 bits per heavy atom. The maximum atomic E-state index is 12.1. The highest BCUT2D eigenvalue weighted by Crippen LogP contribution is 2.26. The number of hydrogen-bond acceptors (Lipinski definition) is 4. The van der Waals surface area contributed by atoms with Crippen molar-refractivity contribution in [2.45, 2.75) is 12.3 Å². The van der Waals surface area contributed by atoms with Crippen molar-refractivity contribution >= 4 is 10.1 Å². The molecule has 4 nitrogen and oxygen atoms in total. The van der Waals surface area contributed by atoms with E-state index in [0.29, 0.717) is 18.2 Å². The van der Waals surface area contributed by atoms with Crippen LogP contribution >= 0.6 is 0 Å². The molecule has 23 heavy (non-hydrogen) atoms. The van der Waals surface area contributed by atoms with Crippen LogP contribution < -0.4 is 4.18 Å². The highest BCUT2D eigenvalue weighted by molar-refractivity contribution is 7.87. The van der Waals surface area contributed by atoms with Crippen LogP contribution in [0.1, 0.15) is 17.9 Å². The number of likely N-dealkylation sites (tertiary alicyclic amines) is 1. The van der Waals surface area contributed by atoms with E-state index in [1.165, 1.54) is 5.56 Å². The van der Waals surface area contributed by atoms with Crippen molar-refractivity contribution in [2.75, 3.05) is 25.4 Å². The first-order valence-corrected chi connectivity index (χ1v) is 9.45. The summed E-state index contributed by atoms with van der Waals surface area (Å²) in [5.74, 6) is 0.883. The van der Waals surface area contributed by atoms with Crippen LogP contribution in [0.3, 0.4) is 0 Å². The molecule has 3 rings (SSSR count). The standard InChI is InChI=1S/C18H21NO3S/c20-23(21,22-18-9-5-2-6-10-18)14-13-19-12-11-17(15-19)16-7-3-1-4-8-16/h1-10,17H,11-15H2. The first kappa shape index (κ1) is 16.0. The summed E-state index contributed by atoms with van der Waals surface area (Å²) in [5.41, 5.74) is 1.33. The summed E-state index contributed by atoms with van der Waals surface area (Å²) in [6.45, 7) is 2.35. The van der Waals surface area contributed by atoms with E-state index in [1.807, 2.05) is 12.1 Å². The maximum Gasteiger partial charge on any atom is 0.310 e. The molecule has 2 aromatic carbocycles. The van der Waals surface area contributed by atoms with Gasteiger partial charge in [-0.1, -0.05) is 48.5 Å². The lowest BCUT2D eigenvalue weighted by Crippen LogP contribution is -2.29. The molecule has 0 bridgehead atoms. The van der Waals surface area contributed by atoms with Crippen molar-refractivity contribution in [3.8, 4) is 5.75 Å². The Hall–Kier alpha value is -1.85. The van der Waals surface area contributed by atoms with Crippen LogP contribution in [0.2, 0.25) is 0 Å². The number of rotatable bonds is 6. The molecule has 1 unspecified atom stereocenters. The van der Waals surface area contributed by atoms with Crippen molar-refractivity contribution in [1.29, 1.82) is 0 Å². The molecule has 1 aliphatic heterocycles. The summed E-state index contributed by atoms with van der Waals surface area (Å²) < 4.78 is 29.2. The predicted octanol–water partition coefficient (Wildman–Crippen LogP) is 2.88. The molecule has 0 saturated carbocycles. The quantitative estimate of drug-likeness (QED) is 0.764. The molecular formula is C18H21NO3S. The van der Waals surface area contributed by atoms with Crippen LogP contribution in [0.15, 0.2) is 60.7 Å². The maximum absolute atomic E-state index is 12.1. The monoisotopic (exact) mass is 331 g/mol. The minimum Gasteiger partial charge on any atom is -0.382 e. The Labute approximate surface area is 137 Å². The zero-order chi connectivity index (χ0) is 16.1. The van der Waals surface area contributed by atoms with E-state index in [2.05, 4.69) is 29.2 Å². The van der Waals surface area contributed by atoms with Gasteiger partial charge in [0.2, 0.25) is 0 Å². The Kier molecular flexibility index (Phi) is 4.98. The molecule has 1 saturated heterocycles. The van der Waals surface area contributed by atoms with Crippen LogP contribution in [-0.4, -0.2) is 38.7 Å². The Morgan fingerprint density at radius 1 is 1.00 bits per heavy atom. The summed E-state index contributed by atoms with van der Waals surface area (Å²) in [6.07, 6.45) is 1.07. The van der Waals surface area contributed by atoms with Gasteiger partial charge in [0.1, 0.15) is 5.75 Å². The van der Waals surface area contributed by atoms with Gasteiger partial charge in [0, 0.05) is 13.1 Å². The van der Waals surface area contributed by atoms with Crippen LogP contribution in [0.4, 0.5) is 0 Å². The van der Waals surface area contributed by atoms with Gasteiger partial charge in [0.25, 0.3) is 0 Å². The van der Waals surface area contributed by atoms with E-state index in [4.69, 9.17) is 4.18 Å². The zero-order valence-electron chi connectivity index (χ0n) is 13.0. The average molecular weight is 331 g/mol. The van der Waals surface area contributed by atoms with Crippen molar-refractivity contribution in [2.24, 2.45) is 0 Å². The Morgan fingerprint density at radius 3 is 2.35 bits per heavy atom. The van der Waals surface area contributed by atoms with Crippen LogP contribution in [-0.2, 0) is 10.1 Å². The second-order valence-corrected chi connectivity index (χ2v) is 7.55. The number of benzene rings is 2. The summed E-state index contributed by atoms with van der Waals surface area (Å²) in [5, 5.41) is 0. The van der Waals surface area contributed by atoms with E-state index < -0.39 is 10.1 Å². The molecule has 122 valence electrons. The first-order chi connectivity index (χ1) is 11.1. The summed E-state index contributed by atoms with van der Waals surface area (Å²) >= 11 is 0. The van der Waals surface area contributed by atoms with E-state index >= 15 is 0 Å². The van der Waals surface area contributed by atoms with E-state index in [9.17, 15) is 8.42 Å². The smallest absolute Gasteiger partial charge is 0.310 e. The molecule has 0 radical (unpaired) electrons. The van der Waals surface area contributed by atoms with Crippen molar-refractivity contribution < 1.29 is 12.6 Å². The lowest BCUT2D eigenvalue weighted by Gasteiger charge is -2.16. The third-order valence-electron chi connectivity index (χ3n) is 4.17. The van der Waals surface area contributed by atoms with E-state index in [-0.39, 0.29) is 5.75 Å². The molecular weight excluding hydrogens is 310 g/mol. The highest BCUT2D eigenvalue weighted by atomic mass is 32.2. The minimum atomic E-state index is -3.55. The number of para-hydroxylation sites is 1. The van der Waals surface area contributed by atoms with Crippen LogP contribution in [0, 0.1) is 0 Å². The third kappa shape index (κ3) is 4.56. The fourth-order valence-electron chi connectivity index (χ4n) is 2.94. The molecule has 0 aromatic heterocycles. The molecule has 1 atom stereocenters. The molecule has 2 aromatic rings. The summed E-state index contributed by atoms with van der Waals surface area (Å²) in [7, 11) is -3.55. The zero-order valence-corrected chi connectivity index (χ0v) is 13.8. The second kappa shape index (κ2) is 7.15. The third-order valence-corrected chi connectivity index (χ3v) is 5.30. The van der Waals surface area contributed by atoms with Gasteiger partial charge in [-0.15, -0.1) is 0 Å². The molecule has 0 N–H and O–H groups in total. The van der Waals surface area contributed by atoms with Crippen LogP contribution in [0.5, 0.6) is 5.75 Å². The fourth-order valence-corrected chi connectivity index (χ4v) is 3.91.